The number of nitrogens with zero attached hydrogens (tertiary/aromatic N) is 1. The van der Waals surface area contributed by atoms with Gasteiger partial charge in [-0.05, 0) is 59.7 Å². The van der Waals surface area contributed by atoms with E-state index in [2.05, 4.69) is 25.4 Å². The first-order valence-corrected chi connectivity index (χ1v) is 12.2. The fraction of sp³-hybridized carbons (Fsp3) is 0.286. The van der Waals surface area contributed by atoms with Crippen molar-refractivity contribution in [3.05, 3.63) is 76.9 Å². The van der Waals surface area contributed by atoms with Gasteiger partial charge in [-0.1, -0.05) is 6.07 Å². The van der Waals surface area contributed by atoms with Crippen LogP contribution in [0.15, 0.2) is 48.8 Å². The molecule has 11 heteroatoms. The number of H-pyrrole nitrogens is 2. The summed E-state index contributed by atoms with van der Waals surface area (Å²) in [5.41, 5.74) is 10.4. The van der Waals surface area contributed by atoms with Crippen molar-refractivity contribution in [2.24, 2.45) is 5.73 Å². The lowest BCUT2D eigenvalue weighted by Crippen LogP contribution is -2.28. The van der Waals surface area contributed by atoms with Crippen LogP contribution in [0.5, 0.6) is 0 Å². The summed E-state index contributed by atoms with van der Waals surface area (Å²) < 4.78 is 9.47. The number of ether oxygens (including phenoxy) is 2. The molecule has 0 spiro atoms. The summed E-state index contributed by atoms with van der Waals surface area (Å²) in [5.74, 6) is -0.721. The molecule has 0 atom stereocenters. The van der Waals surface area contributed by atoms with Crippen molar-refractivity contribution in [1.29, 1.82) is 0 Å². The topological polar surface area (TPSA) is 156 Å². The molecule has 204 valence electrons. The fourth-order valence-electron chi connectivity index (χ4n) is 4.02. The molecule has 2 heterocycles. The number of aromatic amines is 2. The van der Waals surface area contributed by atoms with Crippen LogP contribution in [0.3, 0.4) is 0 Å². The van der Waals surface area contributed by atoms with E-state index in [0.717, 1.165) is 39.4 Å². The van der Waals surface area contributed by atoms with E-state index < -0.39 is 5.91 Å². The van der Waals surface area contributed by atoms with E-state index in [-0.39, 0.29) is 25.0 Å². The summed E-state index contributed by atoms with van der Waals surface area (Å²) >= 11 is 0. The van der Waals surface area contributed by atoms with Gasteiger partial charge in [0.15, 0.2) is 5.69 Å². The number of nitrogens with two attached hydrogens (primary N) is 1. The molecule has 0 saturated heterocycles. The number of carbonyl (C=O) groups is 3. The molecule has 0 aliphatic rings. The van der Waals surface area contributed by atoms with Crippen molar-refractivity contribution in [2.45, 2.75) is 12.8 Å². The number of hydrogen-bond donors (Lipinski definition) is 5. The van der Waals surface area contributed by atoms with Gasteiger partial charge >= 0.3 is 0 Å². The lowest BCUT2D eigenvalue weighted by molar-refractivity contribution is -0.125. The standard InChI is InChI=1S/C14H17N3O3.C14H15N3O2/c1-20-8-13(18)16-5-4-10-7-17-12-3-2-9(14(15)19)6-11(10)12;1-15-11-3-4-13-12(7-11)10(8-17-13)5-6-16-14(18)9-19-2/h2-3,6-7,17H,4-5,8H2,1H3,(H2,15,19)(H,16,18);3-4,7-8,17H,5-6,9H2,2H3,(H,16,18). The highest BCUT2D eigenvalue weighted by atomic mass is 16.5. The maximum absolute atomic E-state index is 11.3. The van der Waals surface area contributed by atoms with Crippen molar-refractivity contribution in [3.63, 3.8) is 0 Å². The van der Waals surface area contributed by atoms with Crippen LogP contribution in [-0.4, -0.2) is 68.2 Å². The fourth-order valence-corrected chi connectivity index (χ4v) is 4.02. The van der Waals surface area contributed by atoms with Crippen LogP contribution in [-0.2, 0) is 31.9 Å². The van der Waals surface area contributed by atoms with Crippen LogP contribution in [0, 0.1) is 6.57 Å². The van der Waals surface area contributed by atoms with E-state index in [9.17, 15) is 14.4 Å². The number of methoxy groups -OCH3 is 2. The van der Waals surface area contributed by atoms with Gasteiger partial charge in [-0.3, -0.25) is 14.4 Å². The molecule has 0 bridgehead atoms. The summed E-state index contributed by atoms with van der Waals surface area (Å²) in [6.45, 7) is 8.22. The first-order chi connectivity index (χ1) is 18.9. The summed E-state index contributed by atoms with van der Waals surface area (Å²) in [6, 6.07) is 10.8. The van der Waals surface area contributed by atoms with E-state index in [4.69, 9.17) is 21.8 Å². The molecule has 2 aromatic carbocycles. The lowest BCUT2D eigenvalue weighted by atomic mass is 10.1. The van der Waals surface area contributed by atoms with Gasteiger partial charge in [0.1, 0.15) is 13.2 Å². The van der Waals surface area contributed by atoms with Gasteiger partial charge in [-0.2, -0.15) is 0 Å². The van der Waals surface area contributed by atoms with Gasteiger partial charge in [0, 0.05) is 61.7 Å². The highest BCUT2D eigenvalue weighted by Gasteiger charge is 2.08. The Morgan fingerprint density at radius 1 is 0.846 bits per heavy atom. The molecule has 0 saturated carbocycles. The average Bonchev–Trinajstić information content (AvgIpc) is 3.52. The van der Waals surface area contributed by atoms with Gasteiger partial charge in [0.05, 0.1) is 6.57 Å². The van der Waals surface area contributed by atoms with Gasteiger partial charge in [0.2, 0.25) is 17.7 Å². The molecule has 3 amide bonds. The zero-order valence-electron chi connectivity index (χ0n) is 21.9. The third-order valence-corrected chi connectivity index (χ3v) is 5.92. The molecule has 0 unspecified atom stereocenters. The van der Waals surface area contributed by atoms with Crippen LogP contribution >= 0.6 is 0 Å². The quantitative estimate of drug-likeness (QED) is 0.188. The van der Waals surface area contributed by atoms with E-state index in [0.29, 0.717) is 30.8 Å². The Labute approximate surface area is 225 Å². The Kier molecular flexibility index (Phi) is 10.6. The number of rotatable bonds is 11. The second-order valence-electron chi connectivity index (χ2n) is 8.66. The number of aromatic nitrogens is 2. The van der Waals surface area contributed by atoms with Crippen LogP contribution in [0.2, 0.25) is 0 Å². The molecule has 0 aliphatic carbocycles. The highest BCUT2D eigenvalue weighted by Crippen LogP contribution is 2.24. The second kappa shape index (κ2) is 14.3. The van der Waals surface area contributed by atoms with Gasteiger partial charge in [-0.15, -0.1) is 0 Å². The largest absolute Gasteiger partial charge is 0.375 e. The van der Waals surface area contributed by atoms with Crippen molar-refractivity contribution < 1.29 is 23.9 Å². The molecule has 4 aromatic rings. The number of fused-ring (bicyclic) bond motifs is 2. The summed E-state index contributed by atoms with van der Waals surface area (Å²) in [4.78, 5) is 43.4. The van der Waals surface area contributed by atoms with E-state index in [1.54, 1.807) is 18.2 Å². The van der Waals surface area contributed by atoms with Crippen molar-refractivity contribution in [2.75, 3.05) is 40.5 Å². The first kappa shape index (κ1) is 28.9. The molecular weight excluding hydrogens is 500 g/mol. The van der Waals surface area contributed by atoms with Crippen molar-refractivity contribution in [1.82, 2.24) is 20.6 Å². The summed E-state index contributed by atoms with van der Waals surface area (Å²) in [7, 11) is 2.97. The van der Waals surface area contributed by atoms with Crippen LogP contribution in [0.4, 0.5) is 5.69 Å². The Hall–Kier alpha value is -4.66. The Morgan fingerprint density at radius 3 is 1.85 bits per heavy atom. The third kappa shape index (κ3) is 8.16. The molecule has 2 aromatic heterocycles. The van der Waals surface area contributed by atoms with Gasteiger partial charge in [0.25, 0.3) is 0 Å². The third-order valence-electron chi connectivity index (χ3n) is 5.92. The maximum atomic E-state index is 11.3. The minimum absolute atomic E-state index is 0.0553. The summed E-state index contributed by atoms with van der Waals surface area (Å²) in [6.07, 6.45) is 5.17. The van der Waals surface area contributed by atoms with Gasteiger partial charge < -0.3 is 35.8 Å². The molecule has 11 nitrogen and oxygen atoms in total. The zero-order chi connectivity index (χ0) is 28.2. The lowest BCUT2D eigenvalue weighted by Gasteiger charge is -2.04. The monoisotopic (exact) mass is 532 g/mol. The molecule has 0 fully saturated rings. The van der Waals surface area contributed by atoms with Crippen molar-refractivity contribution >= 4 is 45.2 Å². The zero-order valence-corrected chi connectivity index (χ0v) is 21.9. The molecule has 6 N–H and O–H groups in total. The predicted octanol–water partition coefficient (Wildman–Crippen LogP) is 2.60. The molecule has 4 rings (SSSR count). The first-order valence-electron chi connectivity index (χ1n) is 12.2. The minimum atomic E-state index is -0.451. The number of primary amides is 1. The van der Waals surface area contributed by atoms with E-state index in [1.807, 2.05) is 30.6 Å². The van der Waals surface area contributed by atoms with E-state index in [1.165, 1.54) is 14.2 Å². The maximum Gasteiger partial charge on any atom is 0.248 e. The molecule has 0 radical (unpaired) electrons. The van der Waals surface area contributed by atoms with Crippen LogP contribution < -0.4 is 16.4 Å². The van der Waals surface area contributed by atoms with Gasteiger partial charge in [-0.25, -0.2) is 4.85 Å². The second-order valence-corrected chi connectivity index (χ2v) is 8.66. The highest BCUT2D eigenvalue weighted by molar-refractivity contribution is 5.97. The molecular formula is C28H32N6O5. The number of hydrogen-bond acceptors (Lipinski definition) is 5. The molecule has 39 heavy (non-hydrogen) atoms. The Bertz CT molecular complexity index is 1480. The molecule has 0 aliphatic heterocycles. The smallest absolute Gasteiger partial charge is 0.248 e. The SMILES string of the molecule is COCC(=O)NCCc1c[nH]c2ccc(C(N)=O)cc12.[C-]#[N+]c1ccc2[nH]cc(CCNC(=O)COC)c2c1. The average molecular weight is 533 g/mol. The predicted molar refractivity (Wildman–Crippen MR) is 149 cm³/mol. The number of nitrogens with one attached hydrogen (secondary N) is 4. The normalized spacial score (nSPS) is 10.5. The number of amides is 3. The van der Waals surface area contributed by atoms with Crippen LogP contribution in [0.1, 0.15) is 21.5 Å². The summed E-state index contributed by atoms with van der Waals surface area (Å²) in [5, 5.41) is 7.51. The number of benzene rings is 2. The Balaban J connectivity index is 0.000000216. The van der Waals surface area contributed by atoms with Crippen LogP contribution in [0.25, 0.3) is 26.7 Å². The van der Waals surface area contributed by atoms with Crippen molar-refractivity contribution in [3.8, 4) is 0 Å². The Morgan fingerprint density at radius 2 is 1.36 bits per heavy atom. The minimum Gasteiger partial charge on any atom is -0.375 e. The number of carbonyl (C=O) groups excluding carboxylic acids is 3. The van der Waals surface area contributed by atoms with E-state index >= 15 is 0 Å².